The molecule has 1 fully saturated rings. The molecular formula is C21H16FNO5S. The van der Waals surface area contributed by atoms with Gasteiger partial charge in [-0.25, -0.2) is 12.8 Å². The van der Waals surface area contributed by atoms with E-state index in [0.29, 0.717) is 10.9 Å². The van der Waals surface area contributed by atoms with Crippen molar-refractivity contribution in [3.63, 3.8) is 0 Å². The van der Waals surface area contributed by atoms with E-state index in [4.69, 9.17) is 4.42 Å². The van der Waals surface area contributed by atoms with Crippen LogP contribution in [0.2, 0.25) is 0 Å². The molecule has 3 heterocycles. The molecule has 6 nitrogen and oxygen atoms in total. The van der Waals surface area contributed by atoms with Crippen molar-refractivity contribution in [1.29, 1.82) is 0 Å². The van der Waals surface area contributed by atoms with Crippen LogP contribution in [0.1, 0.15) is 34.1 Å². The molecule has 2 aliphatic rings. The van der Waals surface area contributed by atoms with Crippen LogP contribution in [0.3, 0.4) is 0 Å². The minimum atomic E-state index is -3.28. The van der Waals surface area contributed by atoms with Crippen molar-refractivity contribution < 1.29 is 22.0 Å². The van der Waals surface area contributed by atoms with Crippen LogP contribution in [0.15, 0.2) is 57.7 Å². The number of hydrogen-bond donors (Lipinski definition) is 0. The third-order valence-electron chi connectivity index (χ3n) is 5.58. The van der Waals surface area contributed by atoms with Crippen LogP contribution in [0.25, 0.3) is 11.0 Å². The Balaban J connectivity index is 1.77. The van der Waals surface area contributed by atoms with Gasteiger partial charge in [0.25, 0.3) is 5.91 Å². The third-order valence-corrected chi connectivity index (χ3v) is 7.33. The molecule has 0 saturated carbocycles. The number of sulfone groups is 1. The van der Waals surface area contributed by atoms with Crippen molar-refractivity contribution in [3.8, 4) is 0 Å². The van der Waals surface area contributed by atoms with Gasteiger partial charge in [-0.15, -0.1) is 0 Å². The van der Waals surface area contributed by atoms with Gasteiger partial charge in [-0.1, -0.05) is 24.3 Å². The Morgan fingerprint density at radius 2 is 1.86 bits per heavy atom. The van der Waals surface area contributed by atoms with Crippen LogP contribution in [-0.2, 0) is 9.84 Å². The summed E-state index contributed by atoms with van der Waals surface area (Å²) in [5, 5.41) is 0.321. The van der Waals surface area contributed by atoms with Gasteiger partial charge in [0.1, 0.15) is 11.4 Å². The van der Waals surface area contributed by atoms with Gasteiger partial charge in [0.15, 0.2) is 15.3 Å². The largest absolute Gasteiger partial charge is 0.450 e. The second-order valence-electron chi connectivity index (χ2n) is 7.40. The first-order chi connectivity index (χ1) is 13.9. The molecule has 1 aromatic heterocycles. The molecule has 1 saturated heterocycles. The van der Waals surface area contributed by atoms with Crippen LogP contribution in [0, 0.1) is 5.82 Å². The van der Waals surface area contributed by atoms with Crippen molar-refractivity contribution in [3.05, 3.63) is 81.5 Å². The molecule has 1 amide bonds. The highest BCUT2D eigenvalue weighted by Crippen LogP contribution is 2.41. The van der Waals surface area contributed by atoms with E-state index in [2.05, 4.69) is 0 Å². The number of benzene rings is 2. The minimum Gasteiger partial charge on any atom is -0.450 e. The number of hydrogen-bond acceptors (Lipinski definition) is 5. The molecule has 0 radical (unpaired) electrons. The lowest BCUT2D eigenvalue weighted by atomic mass is 9.97. The maximum absolute atomic E-state index is 14.0. The Labute approximate surface area is 165 Å². The first-order valence-electron chi connectivity index (χ1n) is 9.20. The van der Waals surface area contributed by atoms with Gasteiger partial charge in [-0.3, -0.25) is 9.59 Å². The van der Waals surface area contributed by atoms with Crippen molar-refractivity contribution in [1.82, 2.24) is 4.90 Å². The van der Waals surface area contributed by atoms with Gasteiger partial charge < -0.3 is 9.32 Å². The van der Waals surface area contributed by atoms with Gasteiger partial charge in [0, 0.05) is 6.04 Å². The zero-order valence-corrected chi connectivity index (χ0v) is 16.0. The summed E-state index contributed by atoms with van der Waals surface area (Å²) < 4.78 is 43.9. The van der Waals surface area contributed by atoms with Gasteiger partial charge in [-0.2, -0.15) is 0 Å². The standard InChI is InChI=1S/C21H16FNO5S/c22-13-5-3-4-12(10-13)18-17-19(24)15-6-1-2-7-16(15)28-20(17)21(25)23(18)14-8-9-29(26,27)11-14/h1-7,10,14,18H,8-9,11H2/t14-,18-/m1/s1. The first-order valence-corrected chi connectivity index (χ1v) is 11.0. The van der Waals surface area contributed by atoms with E-state index in [-0.39, 0.29) is 40.3 Å². The molecule has 0 spiro atoms. The highest BCUT2D eigenvalue weighted by atomic mass is 32.2. The van der Waals surface area contributed by atoms with E-state index in [1.807, 2.05) is 0 Å². The Bertz CT molecular complexity index is 1330. The molecule has 29 heavy (non-hydrogen) atoms. The van der Waals surface area contributed by atoms with Gasteiger partial charge in [0.05, 0.1) is 28.5 Å². The van der Waals surface area contributed by atoms with Crippen LogP contribution < -0.4 is 5.43 Å². The Hall–Kier alpha value is -3.00. The van der Waals surface area contributed by atoms with Crippen LogP contribution >= 0.6 is 0 Å². The highest BCUT2D eigenvalue weighted by molar-refractivity contribution is 7.91. The van der Waals surface area contributed by atoms with Gasteiger partial charge in [-0.05, 0) is 36.2 Å². The molecule has 2 aliphatic heterocycles. The summed E-state index contributed by atoms with van der Waals surface area (Å²) in [6.45, 7) is 0. The highest BCUT2D eigenvalue weighted by Gasteiger charge is 2.48. The summed E-state index contributed by atoms with van der Waals surface area (Å²) >= 11 is 0. The summed E-state index contributed by atoms with van der Waals surface area (Å²) in [5.74, 6) is -1.37. The molecule has 3 aromatic rings. The van der Waals surface area contributed by atoms with Crippen molar-refractivity contribution in [2.75, 3.05) is 11.5 Å². The Morgan fingerprint density at radius 1 is 1.07 bits per heavy atom. The van der Waals surface area contributed by atoms with Gasteiger partial charge in [0.2, 0.25) is 5.76 Å². The maximum atomic E-state index is 14.0. The molecule has 0 N–H and O–H groups in total. The first kappa shape index (κ1) is 18.1. The normalized spacial score (nSPS) is 22.9. The molecule has 0 aliphatic carbocycles. The molecule has 2 aromatic carbocycles. The van der Waals surface area contributed by atoms with Gasteiger partial charge >= 0.3 is 0 Å². The van der Waals surface area contributed by atoms with Crippen LogP contribution in [-0.4, -0.2) is 36.8 Å². The zero-order chi connectivity index (χ0) is 20.3. The molecule has 8 heteroatoms. The number of halogens is 1. The van der Waals surface area contributed by atoms with E-state index in [0.717, 1.165) is 0 Å². The molecule has 148 valence electrons. The van der Waals surface area contributed by atoms with Crippen molar-refractivity contribution in [2.45, 2.75) is 18.5 Å². The summed E-state index contributed by atoms with van der Waals surface area (Å²) in [7, 11) is -3.28. The van der Waals surface area contributed by atoms with Crippen molar-refractivity contribution in [2.24, 2.45) is 0 Å². The average molecular weight is 413 g/mol. The summed E-state index contributed by atoms with van der Waals surface area (Å²) in [5.41, 5.74) is 0.448. The smallest absolute Gasteiger partial charge is 0.291 e. The topological polar surface area (TPSA) is 84.7 Å². The third kappa shape index (κ3) is 2.78. The number of fused-ring (bicyclic) bond motifs is 2. The van der Waals surface area contributed by atoms with E-state index in [1.165, 1.54) is 23.1 Å². The predicted octanol–water partition coefficient (Wildman–Crippen LogP) is 2.66. The quantitative estimate of drug-likeness (QED) is 0.645. The molecule has 5 rings (SSSR count). The number of carbonyl (C=O) groups is 1. The minimum absolute atomic E-state index is 0.0307. The van der Waals surface area contributed by atoms with Crippen LogP contribution in [0.5, 0.6) is 0 Å². The number of amides is 1. The van der Waals surface area contributed by atoms with Crippen LogP contribution in [0.4, 0.5) is 4.39 Å². The number of carbonyl (C=O) groups excluding carboxylic acids is 1. The SMILES string of the molecule is O=C1c2oc3ccccc3c(=O)c2[C@@H](c2cccc(F)c2)N1[C@@H]1CCS(=O)(=O)C1. The lowest BCUT2D eigenvalue weighted by molar-refractivity contribution is 0.0662. The zero-order valence-electron chi connectivity index (χ0n) is 15.2. The molecule has 0 bridgehead atoms. The fraction of sp³-hybridized carbons (Fsp3) is 0.238. The number of rotatable bonds is 2. The predicted molar refractivity (Wildman–Crippen MR) is 104 cm³/mol. The second kappa shape index (κ2) is 6.25. The monoisotopic (exact) mass is 413 g/mol. The molecular weight excluding hydrogens is 397 g/mol. The second-order valence-corrected chi connectivity index (χ2v) is 9.63. The van der Waals surface area contributed by atoms with E-state index in [1.54, 1.807) is 30.3 Å². The van der Waals surface area contributed by atoms with E-state index in [9.17, 15) is 22.4 Å². The Kier molecular flexibility index (Phi) is 3.89. The number of nitrogens with zero attached hydrogens (tertiary/aromatic N) is 1. The fourth-order valence-electron chi connectivity index (χ4n) is 4.31. The summed E-state index contributed by atoms with van der Waals surface area (Å²) in [6, 6.07) is 10.8. The van der Waals surface area contributed by atoms with Crippen molar-refractivity contribution >= 4 is 26.7 Å². The maximum Gasteiger partial charge on any atom is 0.291 e. The molecule has 0 unspecified atom stereocenters. The lowest BCUT2D eigenvalue weighted by Crippen LogP contribution is -2.40. The number of para-hydroxylation sites is 1. The fourth-order valence-corrected chi connectivity index (χ4v) is 6.02. The Morgan fingerprint density at radius 3 is 2.59 bits per heavy atom. The summed E-state index contributed by atoms with van der Waals surface area (Å²) in [6.07, 6.45) is 0.265. The summed E-state index contributed by atoms with van der Waals surface area (Å²) in [4.78, 5) is 27.9. The average Bonchev–Trinajstić information content (AvgIpc) is 3.19. The molecule has 2 atom stereocenters. The van der Waals surface area contributed by atoms with E-state index < -0.39 is 33.6 Å². The van der Waals surface area contributed by atoms with E-state index >= 15 is 0 Å². The lowest BCUT2D eigenvalue weighted by Gasteiger charge is -2.30.